The number of aromatic amines is 1. The molecule has 0 spiro atoms. The average Bonchev–Trinajstić information content (AvgIpc) is 2.89. The number of hydrogen-bond donors (Lipinski definition) is 2. The monoisotopic (exact) mass is 368 g/mol. The van der Waals surface area contributed by atoms with Crippen molar-refractivity contribution in [3.8, 4) is 5.75 Å². The molecule has 8 heteroatoms. The third-order valence-electron chi connectivity index (χ3n) is 4.92. The average molecular weight is 368 g/mol. The molecular weight excluding hydrogens is 353 g/mol. The van der Waals surface area contributed by atoms with E-state index >= 15 is 0 Å². The van der Waals surface area contributed by atoms with Crippen LogP contribution in [0.15, 0.2) is 10.9 Å². The largest absolute Gasteiger partial charge is 0.506 e. The summed E-state index contributed by atoms with van der Waals surface area (Å²) in [5.74, 6) is -0.121. The molecule has 0 radical (unpaired) electrons. The topological polar surface area (TPSA) is 66.0 Å². The summed E-state index contributed by atoms with van der Waals surface area (Å²) in [5.41, 5.74) is -0.605. The lowest BCUT2D eigenvalue weighted by Gasteiger charge is -2.26. The normalized spacial score (nSPS) is 18.0. The number of pyridine rings is 2. The van der Waals surface area contributed by atoms with Crippen molar-refractivity contribution in [3.05, 3.63) is 33.2 Å². The molecule has 0 bridgehead atoms. The Morgan fingerprint density at radius 3 is 2.88 bits per heavy atom. The van der Waals surface area contributed by atoms with Gasteiger partial charge in [-0.1, -0.05) is 13.3 Å². The number of aromatic hydroxyl groups is 1. The van der Waals surface area contributed by atoms with Gasteiger partial charge in [-0.2, -0.15) is 13.2 Å². The number of nitrogens with one attached hydrogen (secondary N) is 1. The fourth-order valence-electron chi connectivity index (χ4n) is 3.68. The summed E-state index contributed by atoms with van der Waals surface area (Å²) in [6, 6.07) is 0.970. The van der Waals surface area contributed by atoms with Crippen molar-refractivity contribution >= 4 is 31.8 Å². The van der Waals surface area contributed by atoms with Crippen molar-refractivity contribution in [1.29, 1.82) is 0 Å². The highest BCUT2D eigenvalue weighted by molar-refractivity contribution is 7.25. The Morgan fingerprint density at radius 1 is 1.44 bits per heavy atom. The van der Waals surface area contributed by atoms with Gasteiger partial charge in [-0.05, 0) is 30.7 Å². The van der Waals surface area contributed by atoms with Gasteiger partial charge >= 0.3 is 6.18 Å². The quantitative estimate of drug-likeness (QED) is 0.670. The molecule has 1 atom stereocenters. The van der Waals surface area contributed by atoms with Crippen LogP contribution in [0, 0.1) is 5.92 Å². The van der Waals surface area contributed by atoms with Crippen molar-refractivity contribution in [1.82, 2.24) is 9.97 Å². The van der Waals surface area contributed by atoms with Crippen molar-refractivity contribution in [2.45, 2.75) is 38.8 Å². The zero-order chi connectivity index (χ0) is 17.9. The van der Waals surface area contributed by atoms with Crippen molar-refractivity contribution in [2.75, 3.05) is 0 Å². The molecule has 132 valence electrons. The minimum atomic E-state index is -4.56. The molecule has 4 rings (SSSR count). The van der Waals surface area contributed by atoms with Gasteiger partial charge in [-0.25, -0.2) is 4.98 Å². The minimum absolute atomic E-state index is 0.0197. The second-order valence-corrected chi connectivity index (χ2v) is 7.43. The van der Waals surface area contributed by atoms with Crippen molar-refractivity contribution in [2.24, 2.45) is 5.92 Å². The zero-order valence-electron chi connectivity index (χ0n) is 13.3. The highest BCUT2D eigenvalue weighted by atomic mass is 32.1. The number of H-pyrrole nitrogens is 1. The summed E-state index contributed by atoms with van der Waals surface area (Å²) in [6.07, 6.45) is -2.06. The molecule has 0 amide bonds. The van der Waals surface area contributed by atoms with E-state index in [9.17, 15) is 23.1 Å². The smallest absolute Gasteiger partial charge is 0.417 e. The first-order chi connectivity index (χ1) is 11.8. The third-order valence-corrected chi connectivity index (χ3v) is 6.02. The second-order valence-electron chi connectivity index (χ2n) is 6.43. The number of aromatic nitrogens is 2. The van der Waals surface area contributed by atoms with Crippen LogP contribution in [0.3, 0.4) is 0 Å². The fraction of sp³-hybridized carbons (Fsp3) is 0.412. The molecule has 0 fully saturated rings. The molecule has 1 aliphatic rings. The summed E-state index contributed by atoms with van der Waals surface area (Å²) in [5, 5.41) is 9.87. The zero-order valence-corrected chi connectivity index (χ0v) is 14.1. The number of halogens is 3. The van der Waals surface area contributed by atoms with Gasteiger partial charge in [0.1, 0.15) is 10.6 Å². The van der Waals surface area contributed by atoms with Crippen molar-refractivity contribution < 1.29 is 18.3 Å². The van der Waals surface area contributed by atoms with Crippen LogP contribution in [0.1, 0.15) is 36.6 Å². The summed E-state index contributed by atoms with van der Waals surface area (Å²) in [7, 11) is 0. The summed E-state index contributed by atoms with van der Waals surface area (Å²) in [4.78, 5) is 18.8. The maximum Gasteiger partial charge on any atom is 0.417 e. The minimum Gasteiger partial charge on any atom is -0.506 e. The van der Waals surface area contributed by atoms with E-state index < -0.39 is 17.3 Å². The predicted molar refractivity (Wildman–Crippen MR) is 90.2 cm³/mol. The molecule has 4 nitrogen and oxygen atoms in total. The molecule has 3 aromatic heterocycles. The number of hydrogen-bond acceptors (Lipinski definition) is 4. The van der Waals surface area contributed by atoms with Crippen LogP contribution in [0.2, 0.25) is 0 Å². The molecular formula is C17H15F3N2O2S. The van der Waals surface area contributed by atoms with Crippen LogP contribution in [0.4, 0.5) is 13.2 Å². The fourth-order valence-corrected chi connectivity index (χ4v) is 4.76. The number of fused-ring (bicyclic) bond motifs is 4. The lowest BCUT2D eigenvalue weighted by Crippen LogP contribution is -2.21. The molecule has 0 aromatic carbocycles. The molecule has 3 aromatic rings. The SMILES string of the molecule is CCC1CCc2nc3sc4c(O)cc(=O)[nH]c4c3c(C(F)(F)F)c2C1. The molecule has 0 saturated carbocycles. The Bertz CT molecular complexity index is 1050. The van der Waals surface area contributed by atoms with Gasteiger partial charge in [-0.3, -0.25) is 4.79 Å². The number of thiophene rings is 1. The van der Waals surface area contributed by atoms with Crippen LogP contribution >= 0.6 is 11.3 Å². The first-order valence-corrected chi connectivity index (χ1v) is 8.88. The van der Waals surface area contributed by atoms with E-state index in [-0.39, 0.29) is 37.7 Å². The maximum atomic E-state index is 14.0. The Hall–Kier alpha value is -2.09. The predicted octanol–water partition coefficient (Wildman–Crippen LogP) is 4.38. The van der Waals surface area contributed by atoms with Gasteiger partial charge in [-0.15, -0.1) is 11.3 Å². The van der Waals surface area contributed by atoms with Gasteiger partial charge < -0.3 is 10.1 Å². The summed E-state index contributed by atoms with van der Waals surface area (Å²) >= 11 is 0.975. The van der Waals surface area contributed by atoms with E-state index in [4.69, 9.17) is 0 Å². The molecule has 3 heterocycles. The summed E-state index contributed by atoms with van der Waals surface area (Å²) < 4.78 is 42.1. The van der Waals surface area contributed by atoms with E-state index in [2.05, 4.69) is 9.97 Å². The van der Waals surface area contributed by atoms with Crippen LogP contribution in [-0.4, -0.2) is 15.1 Å². The van der Waals surface area contributed by atoms with Gasteiger partial charge in [0, 0.05) is 17.1 Å². The Morgan fingerprint density at radius 2 is 2.20 bits per heavy atom. The first-order valence-electron chi connectivity index (χ1n) is 8.07. The number of nitrogens with zero attached hydrogens (tertiary/aromatic N) is 1. The second kappa shape index (κ2) is 5.45. The van der Waals surface area contributed by atoms with E-state index in [1.165, 1.54) is 0 Å². The summed E-state index contributed by atoms with van der Waals surface area (Å²) in [6.45, 7) is 1.98. The lowest BCUT2D eigenvalue weighted by atomic mass is 9.82. The van der Waals surface area contributed by atoms with Crippen LogP contribution < -0.4 is 5.56 Å². The van der Waals surface area contributed by atoms with Crippen LogP contribution in [-0.2, 0) is 19.0 Å². The van der Waals surface area contributed by atoms with E-state index in [0.29, 0.717) is 18.5 Å². The molecule has 25 heavy (non-hydrogen) atoms. The lowest BCUT2D eigenvalue weighted by molar-refractivity contribution is -0.137. The highest BCUT2D eigenvalue weighted by Gasteiger charge is 2.40. The Kier molecular flexibility index (Phi) is 3.57. The highest BCUT2D eigenvalue weighted by Crippen LogP contribution is 2.46. The molecule has 2 N–H and O–H groups in total. The van der Waals surface area contributed by atoms with E-state index in [0.717, 1.165) is 30.2 Å². The standard InChI is InChI=1S/C17H15F3N2O2S/c1-2-7-3-4-9-8(5-7)13(17(18,19)20)12-14-15(25-16(12)21-9)10(23)6-11(24)22-14/h6-7H,2-5H2,1H3,(H2,22,23,24). The van der Waals surface area contributed by atoms with Gasteiger partial charge in [0.05, 0.1) is 15.8 Å². The Balaban J connectivity index is 2.17. The van der Waals surface area contributed by atoms with Gasteiger partial charge in [0.25, 0.3) is 5.56 Å². The molecule has 0 saturated heterocycles. The van der Waals surface area contributed by atoms with Crippen LogP contribution in [0.5, 0.6) is 5.75 Å². The number of aryl methyl sites for hydroxylation is 1. The third kappa shape index (κ3) is 2.50. The Labute approximate surface area is 144 Å². The maximum absolute atomic E-state index is 14.0. The van der Waals surface area contributed by atoms with Crippen LogP contribution in [0.25, 0.3) is 20.4 Å². The first kappa shape index (κ1) is 16.4. The van der Waals surface area contributed by atoms with Gasteiger partial charge in [0.15, 0.2) is 0 Å². The van der Waals surface area contributed by atoms with Gasteiger partial charge in [0.2, 0.25) is 0 Å². The molecule has 0 aliphatic heterocycles. The van der Waals surface area contributed by atoms with Crippen molar-refractivity contribution in [3.63, 3.8) is 0 Å². The van der Waals surface area contributed by atoms with E-state index in [1.54, 1.807) is 0 Å². The molecule has 1 aliphatic carbocycles. The number of rotatable bonds is 1. The van der Waals surface area contributed by atoms with E-state index in [1.807, 2.05) is 6.92 Å². The molecule has 1 unspecified atom stereocenters. The number of alkyl halides is 3.